The average Bonchev–Trinajstić information content (AvgIpc) is 3.05. The molecule has 4 nitrogen and oxygen atoms in total. The number of ether oxygens (including phenoxy) is 1. The zero-order chi connectivity index (χ0) is 18.6. The summed E-state index contributed by atoms with van der Waals surface area (Å²) < 4.78 is 34.8. The number of amides is 1. The summed E-state index contributed by atoms with van der Waals surface area (Å²) in [6, 6.07) is 8.76. The second kappa shape index (κ2) is 6.77. The van der Waals surface area contributed by atoms with Crippen molar-refractivity contribution in [1.82, 2.24) is 5.32 Å². The summed E-state index contributed by atoms with van der Waals surface area (Å²) in [5, 5.41) is 3.01. The topological polar surface area (TPSA) is 41.6 Å². The van der Waals surface area contributed by atoms with E-state index in [1.54, 1.807) is 45.2 Å². The Balaban J connectivity index is 0.00000210. The molecule has 27 heavy (non-hydrogen) atoms. The molecule has 0 radical (unpaired) electrons. The second-order valence-electron chi connectivity index (χ2n) is 7.25. The number of anilines is 1. The van der Waals surface area contributed by atoms with Gasteiger partial charge in [-0.1, -0.05) is 24.3 Å². The van der Waals surface area contributed by atoms with Gasteiger partial charge in [-0.2, -0.15) is 0 Å². The van der Waals surface area contributed by atoms with Crippen LogP contribution in [0.4, 0.5) is 14.5 Å². The Morgan fingerprint density at radius 3 is 2.52 bits per heavy atom. The number of carbonyl (C=O) groups excluding carboxylic acids is 1. The number of hydrogen-bond donors (Lipinski definition) is 1. The summed E-state index contributed by atoms with van der Waals surface area (Å²) in [5.74, 6) is -1.03. The number of para-hydroxylation sites is 2. The van der Waals surface area contributed by atoms with Crippen LogP contribution in [0.3, 0.4) is 0 Å². The highest BCUT2D eigenvalue weighted by Crippen LogP contribution is 2.51. The van der Waals surface area contributed by atoms with Crippen LogP contribution in [0.5, 0.6) is 5.75 Å². The Morgan fingerprint density at radius 2 is 1.81 bits per heavy atom. The van der Waals surface area contributed by atoms with Crippen molar-refractivity contribution in [3.63, 3.8) is 0 Å². The molecule has 2 aliphatic rings. The molecule has 2 aromatic rings. The lowest BCUT2D eigenvalue weighted by Crippen LogP contribution is -2.45. The molecule has 4 rings (SSSR count). The normalized spacial score (nSPS) is 22.1. The van der Waals surface area contributed by atoms with Gasteiger partial charge in [-0.15, -0.1) is 12.4 Å². The number of carbonyl (C=O) groups is 1. The van der Waals surface area contributed by atoms with Crippen LogP contribution in [0.1, 0.15) is 31.0 Å². The van der Waals surface area contributed by atoms with E-state index in [0.717, 1.165) is 0 Å². The molecule has 0 aliphatic carbocycles. The maximum absolute atomic E-state index is 14.8. The van der Waals surface area contributed by atoms with E-state index < -0.39 is 29.2 Å². The van der Waals surface area contributed by atoms with E-state index in [0.29, 0.717) is 17.7 Å². The molecule has 2 aliphatic heterocycles. The number of hydrogen-bond acceptors (Lipinski definition) is 3. The van der Waals surface area contributed by atoms with Gasteiger partial charge in [0.05, 0.1) is 11.1 Å². The molecule has 0 fully saturated rings. The van der Waals surface area contributed by atoms with Crippen molar-refractivity contribution >= 4 is 24.0 Å². The predicted octanol–water partition coefficient (Wildman–Crippen LogP) is 3.73. The molecule has 7 heteroatoms. The first kappa shape index (κ1) is 19.6. The van der Waals surface area contributed by atoms with E-state index in [2.05, 4.69) is 5.32 Å². The minimum Gasteiger partial charge on any atom is -0.483 e. The van der Waals surface area contributed by atoms with Gasteiger partial charge in [0.15, 0.2) is 11.6 Å². The van der Waals surface area contributed by atoms with Crippen molar-refractivity contribution in [3.8, 4) is 5.75 Å². The van der Waals surface area contributed by atoms with Gasteiger partial charge in [0.25, 0.3) is 0 Å². The molecular weight excluding hydrogens is 374 g/mol. The Morgan fingerprint density at radius 1 is 1.15 bits per heavy atom. The molecule has 0 saturated carbocycles. The summed E-state index contributed by atoms with van der Waals surface area (Å²) in [7, 11) is 1.75. The number of likely N-dealkylation sites (N-methyl/N-ethyl adjacent to an activating group) is 1. The standard InChI is InChI=1S/C20H20F2N2O2.ClH/c1-20(2)12-7-5-8-13(21)17(12)24(19(20)25)16-11-6-4-9-14(22)18(11)26-15(16)10-23-3;/h4-9,15-16,23H,10H2,1-3H3;1H/t15-,16-;/m1./s1. The maximum atomic E-state index is 14.8. The minimum absolute atomic E-state index is 0. The molecule has 0 bridgehead atoms. The number of halogens is 3. The summed E-state index contributed by atoms with van der Waals surface area (Å²) >= 11 is 0. The first-order valence-corrected chi connectivity index (χ1v) is 8.60. The Hall–Kier alpha value is -2.18. The van der Waals surface area contributed by atoms with Crippen LogP contribution in [0, 0.1) is 11.6 Å². The van der Waals surface area contributed by atoms with E-state index >= 15 is 0 Å². The quantitative estimate of drug-likeness (QED) is 0.862. The van der Waals surface area contributed by atoms with Gasteiger partial charge in [-0.25, -0.2) is 8.78 Å². The van der Waals surface area contributed by atoms with Crippen molar-refractivity contribution in [3.05, 3.63) is 59.2 Å². The maximum Gasteiger partial charge on any atom is 0.237 e. The third-order valence-corrected chi connectivity index (χ3v) is 5.28. The number of benzene rings is 2. The predicted molar refractivity (Wildman–Crippen MR) is 102 cm³/mol. The highest BCUT2D eigenvalue weighted by Gasteiger charge is 2.52. The van der Waals surface area contributed by atoms with E-state index in [9.17, 15) is 13.6 Å². The van der Waals surface area contributed by atoms with Crippen molar-refractivity contribution < 1.29 is 18.3 Å². The SMILES string of the molecule is CNC[C@H]1Oc2c(F)cccc2[C@H]1N1C(=O)C(C)(C)c2cccc(F)c21.Cl. The summed E-state index contributed by atoms with van der Waals surface area (Å²) in [6.07, 6.45) is -0.516. The zero-order valence-corrected chi connectivity index (χ0v) is 16.1. The van der Waals surface area contributed by atoms with Crippen molar-refractivity contribution in [1.29, 1.82) is 0 Å². The molecule has 2 heterocycles. The van der Waals surface area contributed by atoms with Crippen LogP contribution in [-0.4, -0.2) is 25.6 Å². The van der Waals surface area contributed by atoms with Crippen LogP contribution < -0.4 is 15.0 Å². The van der Waals surface area contributed by atoms with E-state index in [1.807, 2.05) is 0 Å². The fourth-order valence-corrected chi connectivity index (χ4v) is 4.01. The molecule has 0 aromatic heterocycles. The van der Waals surface area contributed by atoms with Gasteiger partial charge in [0.1, 0.15) is 18.0 Å². The minimum atomic E-state index is -0.863. The number of fused-ring (bicyclic) bond motifs is 2. The molecule has 2 aromatic carbocycles. The lowest BCUT2D eigenvalue weighted by molar-refractivity contribution is -0.122. The first-order valence-electron chi connectivity index (χ1n) is 8.60. The lowest BCUT2D eigenvalue weighted by Gasteiger charge is -2.30. The van der Waals surface area contributed by atoms with Gasteiger partial charge >= 0.3 is 0 Å². The van der Waals surface area contributed by atoms with Gasteiger partial charge < -0.3 is 10.1 Å². The Bertz CT molecular complexity index is 904. The lowest BCUT2D eigenvalue weighted by atomic mass is 9.86. The fraction of sp³-hybridized carbons (Fsp3) is 0.350. The van der Waals surface area contributed by atoms with Crippen LogP contribution in [-0.2, 0) is 10.2 Å². The van der Waals surface area contributed by atoms with Crippen LogP contribution in [0.15, 0.2) is 36.4 Å². The number of rotatable bonds is 3. The van der Waals surface area contributed by atoms with Gasteiger partial charge in [-0.3, -0.25) is 9.69 Å². The molecule has 0 saturated heterocycles. The first-order chi connectivity index (χ1) is 12.4. The molecule has 1 amide bonds. The Kier molecular flexibility index (Phi) is 4.91. The number of nitrogens with zero attached hydrogens (tertiary/aromatic N) is 1. The third-order valence-electron chi connectivity index (χ3n) is 5.28. The van der Waals surface area contributed by atoms with Crippen LogP contribution >= 0.6 is 12.4 Å². The van der Waals surface area contributed by atoms with E-state index in [4.69, 9.17) is 4.74 Å². The molecule has 1 N–H and O–H groups in total. The largest absolute Gasteiger partial charge is 0.483 e. The molecular formula is C20H21ClF2N2O2. The molecule has 0 unspecified atom stereocenters. The monoisotopic (exact) mass is 394 g/mol. The smallest absolute Gasteiger partial charge is 0.237 e. The van der Waals surface area contributed by atoms with Gasteiger partial charge in [-0.05, 0) is 38.6 Å². The summed E-state index contributed by atoms with van der Waals surface area (Å²) in [4.78, 5) is 14.7. The van der Waals surface area contributed by atoms with Crippen molar-refractivity contribution in [2.24, 2.45) is 0 Å². The van der Waals surface area contributed by atoms with Crippen molar-refractivity contribution in [2.45, 2.75) is 31.4 Å². The van der Waals surface area contributed by atoms with Gasteiger partial charge in [0.2, 0.25) is 5.91 Å². The average molecular weight is 395 g/mol. The fourth-order valence-electron chi connectivity index (χ4n) is 4.01. The third kappa shape index (κ3) is 2.70. The van der Waals surface area contributed by atoms with E-state index in [1.165, 1.54) is 17.0 Å². The Labute approximate surface area is 162 Å². The van der Waals surface area contributed by atoms with Crippen molar-refractivity contribution in [2.75, 3.05) is 18.5 Å². The summed E-state index contributed by atoms with van der Waals surface area (Å²) in [6.45, 7) is 3.96. The highest BCUT2D eigenvalue weighted by molar-refractivity contribution is 6.08. The molecule has 2 atom stereocenters. The highest BCUT2D eigenvalue weighted by atomic mass is 35.5. The van der Waals surface area contributed by atoms with Crippen LogP contribution in [0.2, 0.25) is 0 Å². The summed E-state index contributed by atoms with van der Waals surface area (Å²) in [5.41, 5.74) is 0.591. The second-order valence-corrected chi connectivity index (χ2v) is 7.25. The molecule has 144 valence electrons. The van der Waals surface area contributed by atoms with Gasteiger partial charge in [0, 0.05) is 12.1 Å². The van der Waals surface area contributed by atoms with Crippen LogP contribution in [0.25, 0.3) is 0 Å². The van der Waals surface area contributed by atoms with E-state index in [-0.39, 0.29) is 29.8 Å². The molecule has 0 spiro atoms. The zero-order valence-electron chi connectivity index (χ0n) is 15.3. The number of nitrogens with one attached hydrogen (secondary N) is 1.